The van der Waals surface area contributed by atoms with Crippen molar-refractivity contribution in [2.75, 3.05) is 25.0 Å². The van der Waals surface area contributed by atoms with Gasteiger partial charge in [0.25, 0.3) is 0 Å². The molecule has 2 rings (SSSR count). The highest BCUT2D eigenvalue weighted by Crippen LogP contribution is 2.18. The lowest BCUT2D eigenvalue weighted by Gasteiger charge is -2.30. The predicted molar refractivity (Wildman–Crippen MR) is 76.2 cm³/mol. The van der Waals surface area contributed by atoms with E-state index in [4.69, 9.17) is 5.11 Å². The van der Waals surface area contributed by atoms with Gasteiger partial charge in [-0.15, -0.1) is 0 Å². The van der Waals surface area contributed by atoms with Crippen LogP contribution in [0, 0.1) is 18.7 Å². The third-order valence-corrected chi connectivity index (χ3v) is 3.79. The van der Waals surface area contributed by atoms with E-state index in [0.29, 0.717) is 37.2 Å². The fourth-order valence-corrected chi connectivity index (χ4v) is 2.41. The third kappa shape index (κ3) is 3.78. The molecule has 0 spiro atoms. The van der Waals surface area contributed by atoms with E-state index in [1.807, 2.05) is 0 Å². The summed E-state index contributed by atoms with van der Waals surface area (Å²) >= 11 is 0. The number of hydrogen-bond acceptors (Lipinski definition) is 3. The normalized spacial score (nSPS) is 15.9. The summed E-state index contributed by atoms with van der Waals surface area (Å²) in [5.74, 6) is -1.48. The molecule has 2 N–H and O–H groups in total. The first-order valence-electron chi connectivity index (χ1n) is 6.98. The van der Waals surface area contributed by atoms with Crippen LogP contribution >= 0.6 is 0 Å². The van der Waals surface area contributed by atoms with Crippen LogP contribution in [0.25, 0.3) is 0 Å². The molecular formula is C15H19FN2O3. The summed E-state index contributed by atoms with van der Waals surface area (Å²) in [5.41, 5.74) is 0.995. The Morgan fingerprint density at radius 1 is 1.38 bits per heavy atom. The average molecular weight is 294 g/mol. The van der Waals surface area contributed by atoms with Crippen LogP contribution in [0.5, 0.6) is 0 Å². The van der Waals surface area contributed by atoms with E-state index in [-0.39, 0.29) is 18.3 Å². The van der Waals surface area contributed by atoms with Gasteiger partial charge in [0, 0.05) is 25.4 Å². The number of hydrogen-bond donors (Lipinski definition) is 2. The minimum Gasteiger partial charge on any atom is -0.396 e. The molecule has 1 fully saturated rings. The Balaban J connectivity index is 1.95. The first kappa shape index (κ1) is 15.4. The Morgan fingerprint density at radius 2 is 2.05 bits per heavy atom. The first-order chi connectivity index (χ1) is 10.0. The van der Waals surface area contributed by atoms with Crippen LogP contribution in [0.3, 0.4) is 0 Å². The summed E-state index contributed by atoms with van der Waals surface area (Å²) in [7, 11) is 0. The highest BCUT2D eigenvalue weighted by atomic mass is 19.1. The summed E-state index contributed by atoms with van der Waals surface area (Å²) in [6.07, 6.45) is 1.40. The SMILES string of the molecule is Cc1cc(F)ccc1NC(=O)C(=O)N1CCC(CO)CC1. The van der Waals surface area contributed by atoms with Crippen molar-refractivity contribution in [3.05, 3.63) is 29.6 Å². The third-order valence-electron chi connectivity index (χ3n) is 3.79. The van der Waals surface area contributed by atoms with Crippen LogP contribution < -0.4 is 5.32 Å². The molecule has 1 aromatic carbocycles. The minimum absolute atomic E-state index is 0.114. The molecule has 21 heavy (non-hydrogen) atoms. The number of benzene rings is 1. The lowest BCUT2D eigenvalue weighted by molar-refractivity contribution is -0.144. The summed E-state index contributed by atoms with van der Waals surface area (Å²) in [5, 5.41) is 11.6. The highest BCUT2D eigenvalue weighted by Gasteiger charge is 2.26. The highest BCUT2D eigenvalue weighted by molar-refractivity contribution is 6.39. The van der Waals surface area contributed by atoms with Crippen LogP contribution in [0.15, 0.2) is 18.2 Å². The number of nitrogens with one attached hydrogen (secondary N) is 1. The van der Waals surface area contributed by atoms with E-state index in [9.17, 15) is 14.0 Å². The van der Waals surface area contributed by atoms with Gasteiger partial charge in [0.1, 0.15) is 5.82 Å². The molecule has 5 nitrogen and oxygen atoms in total. The van der Waals surface area contributed by atoms with Gasteiger partial charge in [0.05, 0.1) is 0 Å². The van der Waals surface area contributed by atoms with E-state index >= 15 is 0 Å². The van der Waals surface area contributed by atoms with Gasteiger partial charge >= 0.3 is 11.8 Å². The summed E-state index contributed by atoms with van der Waals surface area (Å²) in [6, 6.07) is 3.97. The molecule has 0 aromatic heterocycles. The maximum Gasteiger partial charge on any atom is 0.313 e. The molecule has 1 saturated heterocycles. The van der Waals surface area contributed by atoms with Crippen molar-refractivity contribution in [3.8, 4) is 0 Å². The molecule has 1 aliphatic heterocycles. The number of anilines is 1. The second-order valence-electron chi connectivity index (χ2n) is 5.33. The number of halogens is 1. The number of aryl methyl sites for hydroxylation is 1. The monoisotopic (exact) mass is 294 g/mol. The largest absolute Gasteiger partial charge is 0.396 e. The summed E-state index contributed by atoms with van der Waals surface area (Å²) < 4.78 is 13.0. The van der Waals surface area contributed by atoms with E-state index in [0.717, 1.165) is 0 Å². The molecule has 6 heteroatoms. The molecule has 0 atom stereocenters. The van der Waals surface area contributed by atoms with Gasteiger partial charge in [-0.25, -0.2) is 4.39 Å². The number of rotatable bonds is 2. The van der Waals surface area contributed by atoms with Crippen molar-refractivity contribution < 1.29 is 19.1 Å². The topological polar surface area (TPSA) is 69.6 Å². The minimum atomic E-state index is -0.716. The Morgan fingerprint density at radius 3 is 2.62 bits per heavy atom. The van der Waals surface area contributed by atoms with Gasteiger partial charge in [-0.1, -0.05) is 0 Å². The maximum atomic E-state index is 13.0. The van der Waals surface area contributed by atoms with Crippen LogP contribution in [0.1, 0.15) is 18.4 Å². The molecular weight excluding hydrogens is 275 g/mol. The van der Waals surface area contributed by atoms with Gasteiger partial charge in [-0.05, 0) is 49.4 Å². The number of aliphatic hydroxyl groups excluding tert-OH is 1. The van der Waals surface area contributed by atoms with Gasteiger partial charge in [0.2, 0.25) is 0 Å². The second kappa shape index (κ2) is 6.67. The zero-order valence-electron chi connectivity index (χ0n) is 11.9. The fourth-order valence-electron chi connectivity index (χ4n) is 2.41. The standard InChI is InChI=1S/C15H19FN2O3/c1-10-8-12(16)2-3-13(10)17-14(20)15(21)18-6-4-11(9-19)5-7-18/h2-3,8,11,19H,4-7,9H2,1H3,(H,17,20). The molecule has 1 aromatic rings. The molecule has 1 heterocycles. The zero-order valence-corrected chi connectivity index (χ0v) is 11.9. The van der Waals surface area contributed by atoms with E-state index in [1.165, 1.54) is 23.1 Å². The van der Waals surface area contributed by atoms with Crippen LogP contribution in [0.2, 0.25) is 0 Å². The smallest absolute Gasteiger partial charge is 0.313 e. The molecule has 2 amide bonds. The number of aliphatic hydroxyl groups is 1. The zero-order chi connectivity index (χ0) is 15.4. The number of carbonyl (C=O) groups excluding carboxylic acids is 2. The fraction of sp³-hybridized carbons (Fsp3) is 0.467. The van der Waals surface area contributed by atoms with E-state index < -0.39 is 11.8 Å². The first-order valence-corrected chi connectivity index (χ1v) is 6.98. The van der Waals surface area contributed by atoms with Gasteiger partial charge < -0.3 is 15.3 Å². The quantitative estimate of drug-likeness (QED) is 0.808. The van der Waals surface area contributed by atoms with Crippen molar-refractivity contribution in [1.82, 2.24) is 4.90 Å². The van der Waals surface area contributed by atoms with Gasteiger partial charge in [-0.3, -0.25) is 9.59 Å². The summed E-state index contributed by atoms with van der Waals surface area (Å²) in [4.78, 5) is 25.5. The Hall–Kier alpha value is -1.95. The van der Waals surface area contributed by atoms with Crippen LogP contribution in [0.4, 0.5) is 10.1 Å². The lowest BCUT2D eigenvalue weighted by atomic mass is 9.98. The number of amides is 2. The molecule has 0 unspecified atom stereocenters. The van der Waals surface area contributed by atoms with Gasteiger partial charge in [0.15, 0.2) is 0 Å². The lowest BCUT2D eigenvalue weighted by Crippen LogP contribution is -2.44. The van der Waals surface area contributed by atoms with Crippen molar-refractivity contribution >= 4 is 17.5 Å². The van der Waals surface area contributed by atoms with Crippen LogP contribution in [-0.2, 0) is 9.59 Å². The van der Waals surface area contributed by atoms with Crippen LogP contribution in [-0.4, -0.2) is 41.5 Å². The molecule has 114 valence electrons. The average Bonchev–Trinajstić information content (AvgIpc) is 2.49. The van der Waals surface area contributed by atoms with Crippen molar-refractivity contribution in [2.45, 2.75) is 19.8 Å². The Bertz CT molecular complexity index is 540. The number of carbonyl (C=O) groups is 2. The molecule has 1 aliphatic rings. The van der Waals surface area contributed by atoms with Gasteiger partial charge in [-0.2, -0.15) is 0 Å². The maximum absolute atomic E-state index is 13.0. The Labute approximate surface area is 122 Å². The van der Waals surface area contributed by atoms with Crippen molar-refractivity contribution in [2.24, 2.45) is 5.92 Å². The predicted octanol–water partition coefficient (Wildman–Crippen LogP) is 1.30. The molecule has 0 bridgehead atoms. The Kier molecular flexibility index (Phi) is 4.90. The van der Waals surface area contributed by atoms with E-state index in [1.54, 1.807) is 6.92 Å². The summed E-state index contributed by atoms with van der Waals surface area (Å²) in [6.45, 7) is 2.72. The molecule has 0 aliphatic carbocycles. The number of piperidine rings is 1. The number of likely N-dealkylation sites (tertiary alicyclic amines) is 1. The van der Waals surface area contributed by atoms with Crippen molar-refractivity contribution in [1.29, 1.82) is 0 Å². The molecule has 0 saturated carbocycles. The van der Waals surface area contributed by atoms with E-state index in [2.05, 4.69) is 5.32 Å². The molecule has 0 radical (unpaired) electrons. The second-order valence-corrected chi connectivity index (χ2v) is 5.33. The van der Waals surface area contributed by atoms with Crippen molar-refractivity contribution in [3.63, 3.8) is 0 Å². The number of nitrogens with zero attached hydrogens (tertiary/aromatic N) is 1.